The third-order valence-corrected chi connectivity index (χ3v) is 3.16. The van der Waals surface area contributed by atoms with Crippen LogP contribution in [0.1, 0.15) is 19.4 Å². The molecule has 1 aromatic carbocycles. The standard InChI is InChI=1S/C16H20ClNO5/c1-5-18-16(20)10(2)23-14(19)7-6-11-8-12(17)15(22-4)13(9-11)21-3/h6-10H,5H2,1-4H3,(H,18,20)/b7-6+/t10-/m1/s1. The van der Waals surface area contributed by atoms with Crippen LogP contribution in [-0.2, 0) is 14.3 Å². The zero-order valence-electron chi connectivity index (χ0n) is 13.5. The maximum Gasteiger partial charge on any atom is 0.331 e. The maximum atomic E-state index is 11.7. The third-order valence-electron chi connectivity index (χ3n) is 2.88. The fourth-order valence-corrected chi connectivity index (χ4v) is 2.08. The lowest BCUT2D eigenvalue weighted by molar-refractivity contribution is -0.150. The normalized spacial score (nSPS) is 11.9. The second-order valence-electron chi connectivity index (χ2n) is 4.55. The second kappa shape index (κ2) is 9.05. The van der Waals surface area contributed by atoms with Crippen LogP contribution in [0.15, 0.2) is 18.2 Å². The Hall–Kier alpha value is -2.21. The minimum atomic E-state index is -0.860. The summed E-state index contributed by atoms with van der Waals surface area (Å²) in [5.74, 6) is -0.111. The molecule has 0 heterocycles. The van der Waals surface area contributed by atoms with E-state index in [2.05, 4.69) is 5.32 Å². The Morgan fingerprint density at radius 1 is 1.30 bits per heavy atom. The van der Waals surface area contributed by atoms with E-state index in [4.69, 9.17) is 25.8 Å². The van der Waals surface area contributed by atoms with E-state index >= 15 is 0 Å². The molecule has 0 saturated carbocycles. The van der Waals surface area contributed by atoms with E-state index in [1.165, 1.54) is 33.3 Å². The van der Waals surface area contributed by atoms with Crippen molar-refractivity contribution in [2.75, 3.05) is 20.8 Å². The Kier molecular flexibility index (Phi) is 7.41. The molecule has 6 nitrogen and oxygen atoms in total. The molecule has 0 saturated heterocycles. The Labute approximate surface area is 140 Å². The molecule has 0 radical (unpaired) electrons. The van der Waals surface area contributed by atoms with Crippen molar-refractivity contribution in [3.63, 3.8) is 0 Å². The summed E-state index contributed by atoms with van der Waals surface area (Å²) in [7, 11) is 2.98. The van der Waals surface area contributed by atoms with Crippen LogP contribution in [0.3, 0.4) is 0 Å². The first kappa shape index (κ1) is 18.8. The van der Waals surface area contributed by atoms with Crippen molar-refractivity contribution in [1.29, 1.82) is 0 Å². The van der Waals surface area contributed by atoms with Crippen molar-refractivity contribution in [1.82, 2.24) is 5.32 Å². The lowest BCUT2D eigenvalue weighted by Gasteiger charge is -2.11. The van der Waals surface area contributed by atoms with Gasteiger partial charge in [0.05, 0.1) is 19.2 Å². The summed E-state index contributed by atoms with van der Waals surface area (Å²) < 4.78 is 15.3. The first-order chi connectivity index (χ1) is 10.9. The van der Waals surface area contributed by atoms with Crippen molar-refractivity contribution >= 4 is 29.6 Å². The number of carbonyl (C=O) groups excluding carboxylic acids is 2. The summed E-state index contributed by atoms with van der Waals surface area (Å²) in [6.45, 7) is 3.76. The third kappa shape index (κ3) is 5.49. The minimum absolute atomic E-state index is 0.344. The molecule has 126 valence electrons. The molecule has 0 aromatic heterocycles. The van der Waals surface area contributed by atoms with Gasteiger partial charge in [-0.25, -0.2) is 4.79 Å². The first-order valence-corrected chi connectivity index (χ1v) is 7.38. The number of hydrogen-bond acceptors (Lipinski definition) is 5. The summed E-state index contributed by atoms with van der Waals surface area (Å²) in [5, 5.41) is 2.93. The van der Waals surface area contributed by atoms with E-state index in [0.29, 0.717) is 28.6 Å². The predicted octanol–water partition coefficient (Wildman–Crippen LogP) is 2.44. The Morgan fingerprint density at radius 3 is 2.57 bits per heavy atom. The van der Waals surface area contributed by atoms with Crippen molar-refractivity contribution in [2.45, 2.75) is 20.0 Å². The largest absolute Gasteiger partial charge is 0.493 e. The van der Waals surface area contributed by atoms with Gasteiger partial charge >= 0.3 is 5.97 Å². The van der Waals surface area contributed by atoms with Crippen LogP contribution in [0.25, 0.3) is 6.08 Å². The number of ether oxygens (including phenoxy) is 3. The number of rotatable bonds is 7. The molecular weight excluding hydrogens is 322 g/mol. The highest BCUT2D eigenvalue weighted by Crippen LogP contribution is 2.36. The summed E-state index contributed by atoms with van der Waals surface area (Å²) in [6, 6.07) is 3.29. The molecule has 0 aliphatic heterocycles. The molecule has 1 rings (SSSR count). The molecular formula is C16H20ClNO5. The quantitative estimate of drug-likeness (QED) is 0.609. The summed E-state index contributed by atoms with van der Waals surface area (Å²) >= 11 is 6.08. The Bertz CT molecular complexity index is 600. The summed E-state index contributed by atoms with van der Waals surface area (Å²) in [5.41, 5.74) is 0.635. The van der Waals surface area contributed by atoms with Crippen LogP contribution in [-0.4, -0.2) is 38.7 Å². The molecule has 0 aliphatic carbocycles. The second-order valence-corrected chi connectivity index (χ2v) is 4.95. The average molecular weight is 342 g/mol. The number of likely N-dealkylation sites (N-methyl/N-ethyl adjacent to an activating group) is 1. The van der Waals surface area contributed by atoms with Gasteiger partial charge in [0.2, 0.25) is 0 Å². The molecule has 0 spiro atoms. The molecule has 23 heavy (non-hydrogen) atoms. The van der Waals surface area contributed by atoms with Crippen molar-refractivity contribution in [3.05, 3.63) is 28.8 Å². The maximum absolute atomic E-state index is 11.7. The van der Waals surface area contributed by atoms with E-state index < -0.39 is 12.1 Å². The van der Waals surface area contributed by atoms with Gasteiger partial charge in [-0.05, 0) is 37.6 Å². The number of carbonyl (C=O) groups is 2. The van der Waals surface area contributed by atoms with Gasteiger partial charge in [-0.3, -0.25) is 4.79 Å². The monoisotopic (exact) mass is 341 g/mol. The number of benzene rings is 1. The fourth-order valence-electron chi connectivity index (χ4n) is 1.78. The lowest BCUT2D eigenvalue weighted by atomic mass is 10.2. The molecule has 0 unspecified atom stereocenters. The number of esters is 1. The first-order valence-electron chi connectivity index (χ1n) is 7.00. The van der Waals surface area contributed by atoms with Crippen LogP contribution in [0.5, 0.6) is 11.5 Å². The highest BCUT2D eigenvalue weighted by molar-refractivity contribution is 6.32. The predicted molar refractivity (Wildman–Crippen MR) is 87.8 cm³/mol. The van der Waals surface area contributed by atoms with Gasteiger partial charge < -0.3 is 19.5 Å². The van der Waals surface area contributed by atoms with Crippen LogP contribution in [0.2, 0.25) is 5.02 Å². The van der Waals surface area contributed by atoms with E-state index in [1.807, 2.05) is 0 Å². The average Bonchev–Trinajstić information content (AvgIpc) is 2.52. The molecule has 1 N–H and O–H groups in total. The Morgan fingerprint density at radius 2 is 2.00 bits per heavy atom. The van der Waals surface area contributed by atoms with Crippen LogP contribution < -0.4 is 14.8 Å². The van der Waals surface area contributed by atoms with Crippen LogP contribution >= 0.6 is 11.6 Å². The lowest BCUT2D eigenvalue weighted by Crippen LogP contribution is -2.35. The molecule has 0 aliphatic rings. The number of nitrogens with one attached hydrogen (secondary N) is 1. The van der Waals surface area contributed by atoms with Crippen LogP contribution in [0.4, 0.5) is 0 Å². The van der Waals surface area contributed by atoms with E-state index in [1.54, 1.807) is 19.1 Å². The van der Waals surface area contributed by atoms with Crippen LogP contribution in [0, 0.1) is 0 Å². The Balaban J connectivity index is 2.79. The summed E-state index contributed by atoms with van der Waals surface area (Å²) in [6.07, 6.45) is 1.87. The zero-order chi connectivity index (χ0) is 17.4. The van der Waals surface area contributed by atoms with Crippen molar-refractivity contribution < 1.29 is 23.8 Å². The van der Waals surface area contributed by atoms with E-state index in [-0.39, 0.29) is 5.91 Å². The van der Waals surface area contributed by atoms with Crippen molar-refractivity contribution in [3.8, 4) is 11.5 Å². The molecule has 7 heteroatoms. The minimum Gasteiger partial charge on any atom is -0.493 e. The topological polar surface area (TPSA) is 73.9 Å². The summed E-state index contributed by atoms with van der Waals surface area (Å²) in [4.78, 5) is 23.2. The fraction of sp³-hybridized carbons (Fsp3) is 0.375. The highest BCUT2D eigenvalue weighted by atomic mass is 35.5. The smallest absolute Gasteiger partial charge is 0.331 e. The molecule has 0 fully saturated rings. The SMILES string of the molecule is CCNC(=O)[C@@H](C)OC(=O)/C=C/c1cc(Cl)c(OC)c(OC)c1. The zero-order valence-corrected chi connectivity index (χ0v) is 14.3. The van der Waals surface area contributed by atoms with Gasteiger partial charge in [0.25, 0.3) is 5.91 Å². The number of hydrogen-bond donors (Lipinski definition) is 1. The van der Waals surface area contributed by atoms with Gasteiger partial charge in [-0.15, -0.1) is 0 Å². The molecule has 1 amide bonds. The molecule has 1 aromatic rings. The van der Waals surface area contributed by atoms with Crippen molar-refractivity contribution in [2.24, 2.45) is 0 Å². The van der Waals surface area contributed by atoms with E-state index in [9.17, 15) is 9.59 Å². The molecule has 1 atom stereocenters. The molecule has 0 bridgehead atoms. The van der Waals surface area contributed by atoms with Gasteiger partial charge in [0.1, 0.15) is 0 Å². The number of amides is 1. The van der Waals surface area contributed by atoms with Gasteiger partial charge in [0.15, 0.2) is 17.6 Å². The van der Waals surface area contributed by atoms with Gasteiger partial charge in [0, 0.05) is 12.6 Å². The highest BCUT2D eigenvalue weighted by Gasteiger charge is 2.15. The number of halogens is 1. The number of methoxy groups -OCH3 is 2. The van der Waals surface area contributed by atoms with Gasteiger partial charge in [-0.1, -0.05) is 11.6 Å². The van der Waals surface area contributed by atoms with Gasteiger partial charge in [-0.2, -0.15) is 0 Å². The van der Waals surface area contributed by atoms with E-state index in [0.717, 1.165) is 0 Å².